The molecule has 0 aliphatic carbocycles. The van der Waals surface area contributed by atoms with Crippen molar-refractivity contribution in [1.29, 1.82) is 0 Å². The Labute approximate surface area is 811 Å². The van der Waals surface area contributed by atoms with Crippen molar-refractivity contribution in [3.63, 3.8) is 0 Å². The third-order valence-electron chi connectivity index (χ3n) is 23.2. The summed E-state index contributed by atoms with van der Waals surface area (Å²) in [5, 5.41) is 55.9. The van der Waals surface area contributed by atoms with Gasteiger partial charge in [0.15, 0.2) is 0 Å². The lowest BCUT2D eigenvalue weighted by Gasteiger charge is -2.36. The summed E-state index contributed by atoms with van der Waals surface area (Å²) in [6.07, 6.45) is -0.928. The first-order chi connectivity index (χ1) is 63.8. The zero-order valence-electron chi connectivity index (χ0n) is 84.7. The summed E-state index contributed by atoms with van der Waals surface area (Å²) in [7, 11) is 0. The molecule has 2 aliphatic rings. The molecular weight excluding hydrogens is 1810 g/mol. The third-order valence-corrected chi connectivity index (χ3v) is 23.2. The van der Waals surface area contributed by atoms with Crippen LogP contribution in [0.4, 0.5) is 0 Å². The number of nitrogens with two attached hydrogens (primary N) is 3. The number of hydrogen-bond acceptors (Lipinski definition) is 24. The largest absolute Gasteiger partial charge is 0.394 e. The summed E-state index contributed by atoms with van der Waals surface area (Å²) in [5.41, 5.74) is 3.01. The number of primary amides is 3. The molecule has 2 heterocycles. The summed E-state index contributed by atoms with van der Waals surface area (Å²) in [6.45, 7) is 34.0. The van der Waals surface area contributed by atoms with E-state index < -0.39 is 297 Å². The fraction of sp³-hybridized carbons (Fsp3) is 0.685. The number of nitrogens with zero attached hydrogens (tertiary/aromatic N) is 2. The molecule has 47 nitrogen and oxygen atoms in total. The van der Waals surface area contributed by atoms with Crippen molar-refractivity contribution in [2.75, 3.05) is 26.2 Å². The van der Waals surface area contributed by atoms with Crippen LogP contribution in [0, 0.1) is 17.8 Å². The van der Waals surface area contributed by atoms with Gasteiger partial charge in [0.2, 0.25) is 136 Å². The highest BCUT2D eigenvalue weighted by atomic mass is 16.3. The predicted molar refractivity (Wildman–Crippen MR) is 506 cm³/mol. The van der Waals surface area contributed by atoms with Crippen molar-refractivity contribution < 1.29 is 115 Å². The minimum absolute atomic E-state index is 0.00675. The Morgan fingerprint density at radius 1 is 0.374 bits per heavy atom. The first kappa shape index (κ1) is 120. The van der Waals surface area contributed by atoms with E-state index in [0.717, 1.165) is 5.56 Å². The van der Waals surface area contributed by atoms with Crippen LogP contribution in [0.25, 0.3) is 0 Å². The van der Waals surface area contributed by atoms with E-state index in [1.165, 1.54) is 141 Å². The molecule has 0 radical (unpaired) electrons. The van der Waals surface area contributed by atoms with E-state index in [4.69, 9.17) is 17.2 Å². The number of likely N-dealkylation sites (tertiary alicyclic amines) is 2. The van der Waals surface area contributed by atoms with Crippen LogP contribution in [0.15, 0.2) is 30.3 Å². The lowest BCUT2D eigenvalue weighted by atomic mass is 9.96. The maximum absolute atomic E-state index is 14.6. The fourth-order valence-electron chi connectivity index (χ4n) is 14.8. The zero-order valence-corrected chi connectivity index (χ0v) is 84.7. The predicted octanol–water partition coefficient (Wildman–Crippen LogP) is -4.94. The Morgan fingerprint density at radius 2 is 0.763 bits per heavy atom. The van der Waals surface area contributed by atoms with E-state index in [0.29, 0.717) is 12.8 Å². The molecular formula is C92H151N23O24. The quantitative estimate of drug-likeness (QED) is 0.0291. The number of aliphatic hydroxyl groups excluding tert-OH is 1. The van der Waals surface area contributed by atoms with Crippen LogP contribution in [0.1, 0.15) is 249 Å². The van der Waals surface area contributed by atoms with E-state index in [9.17, 15) is 115 Å². The van der Waals surface area contributed by atoms with Crippen LogP contribution in [0.3, 0.4) is 0 Å². The zero-order chi connectivity index (χ0) is 107. The molecule has 2 fully saturated rings. The Kier molecular flexibility index (Phi) is 44.1. The van der Waals surface area contributed by atoms with Gasteiger partial charge in [-0.2, -0.15) is 0 Å². The van der Waals surface area contributed by atoms with E-state index in [2.05, 4.69) is 95.7 Å². The molecule has 47 heteroatoms. The van der Waals surface area contributed by atoms with Gasteiger partial charge in [0.25, 0.3) is 0 Å². The molecule has 778 valence electrons. The lowest BCUT2D eigenvalue weighted by molar-refractivity contribution is -0.146. The van der Waals surface area contributed by atoms with Crippen LogP contribution >= 0.6 is 0 Å². The third kappa shape index (κ3) is 37.3. The number of amides is 23. The van der Waals surface area contributed by atoms with Gasteiger partial charge in [-0.3, -0.25) is 110 Å². The lowest BCUT2D eigenvalue weighted by Crippen LogP contribution is -2.66. The van der Waals surface area contributed by atoms with Crippen LogP contribution in [0.5, 0.6) is 0 Å². The molecule has 25 N–H and O–H groups in total. The van der Waals surface area contributed by atoms with Crippen molar-refractivity contribution in [3.05, 3.63) is 35.9 Å². The molecule has 1 aromatic carbocycles. The number of hydrogen-bond donors (Lipinski definition) is 22. The molecule has 0 bridgehead atoms. The smallest absolute Gasteiger partial charge is 0.248 e. The average Bonchev–Trinajstić information content (AvgIpc) is 1.70. The molecule has 3 rings (SSSR count). The van der Waals surface area contributed by atoms with Crippen molar-refractivity contribution >= 4 is 136 Å². The van der Waals surface area contributed by atoms with Crippen LogP contribution in [-0.4, -0.2) is 288 Å². The summed E-state index contributed by atoms with van der Waals surface area (Å²) in [4.78, 5) is 315. The van der Waals surface area contributed by atoms with E-state index in [1.807, 2.05) is 0 Å². The molecule has 0 aromatic heterocycles. The van der Waals surface area contributed by atoms with Gasteiger partial charge in [0, 0.05) is 39.3 Å². The average molecular weight is 1960 g/mol. The molecule has 11 atom stereocenters. The van der Waals surface area contributed by atoms with Gasteiger partial charge in [-0.05, 0) is 206 Å². The number of carbonyl (C=O) groups excluding carboxylic acids is 23. The number of carbonyl (C=O) groups is 23. The van der Waals surface area contributed by atoms with Gasteiger partial charge in [-0.1, -0.05) is 71.9 Å². The maximum atomic E-state index is 14.6. The second-order valence-electron chi connectivity index (χ2n) is 40.9. The van der Waals surface area contributed by atoms with Crippen molar-refractivity contribution in [2.24, 2.45) is 35.0 Å². The molecule has 2 aliphatic heterocycles. The number of rotatable bonds is 53. The van der Waals surface area contributed by atoms with Gasteiger partial charge in [0.1, 0.15) is 105 Å². The van der Waals surface area contributed by atoms with Gasteiger partial charge in [-0.25, -0.2) is 0 Å². The number of benzene rings is 1. The highest BCUT2D eigenvalue weighted by Crippen LogP contribution is 2.27. The van der Waals surface area contributed by atoms with Crippen LogP contribution in [-0.2, 0) is 117 Å². The first-order valence-electron chi connectivity index (χ1n) is 46.4. The van der Waals surface area contributed by atoms with Crippen molar-refractivity contribution in [1.82, 2.24) is 106 Å². The number of nitrogens with one attached hydrogen (secondary N) is 18. The summed E-state index contributed by atoms with van der Waals surface area (Å²) in [6, 6.07) is -5.44. The fourth-order valence-corrected chi connectivity index (χ4v) is 14.8. The summed E-state index contributed by atoms with van der Waals surface area (Å²) >= 11 is 0. The summed E-state index contributed by atoms with van der Waals surface area (Å²) < 4.78 is 0. The van der Waals surface area contributed by atoms with Gasteiger partial charge in [0.05, 0.1) is 19.2 Å². The SMILES string of the molecule is CC(=O)NC(C)(C)C(=O)N1CCC[C@H]1C(=O)NC(C)(C)C(=O)N[C@@H](C)C(=O)NC(C)(C)C(=O)N[C@@H](C)C(=O)N[C@@H](CCC(N)=O)C(=O)NC(C)(C)C(=O)N[C@H](C(=O)NC(C)(C)C(=O)NCC(=O)N[C@@H](CC(C)C)C(=O)NC(C)(C)C(=O)N1CCC[C@H]1C(=O)N[C@H](C(=O)NC(C)(C)C(=O)NC(C)(C)C(=O)N[C@@H](CCC(=O)N[C@H](CO)Cc1ccccc1)C(=O)N[C@@H](CCC(N)=O)C(N)=O)C(C)C)C(C)C. The topological polar surface area (TPSA) is 714 Å². The standard InChI is InChI=1S/C92H151N23O24/c1-47(2)43-58(72(127)109-92(24,25)84(139)114-41-29-33-59(114)73(128)104-65(48(3)4)75(130)112-90(20,21)82(137)113-89(18,19)80(135)103-56(70(125)101-55(67(95)122)35-38-61(93)118)37-40-63(120)99-54(46-116)44-53-31-27-26-28-32-53)100-64(121)45-96-77(132)85(10,11)111-76(131)66(49(5)6)105-81(136)88(16,17)108-71(126)57(36-39-62(94)119)102-68(123)50(7)97-78(133)86(12,13)107-69(124)51(8)98-79(134)87(14,15)110-74(129)60-34-30-42-115(60)83(138)91(22,23)106-52(9)117/h26-28,31-32,47-51,54-60,65-66,116H,29-30,33-46H2,1-25H3,(H2,93,118)(H2,94,119)(H2,95,122)(H,96,132)(H,97,133)(H,98,134)(H,99,120)(H,100,121)(H,101,125)(H,102,123)(H,103,135)(H,104,128)(H,105,136)(H,106,117)(H,107,124)(H,108,126)(H,109,127)(H,110,129)(H,111,131)(H,112,130)(H,113,137)/t50-,51-,54-,55-,56-,57-,58-,59-,60-,65-,66-/m0/s1. The second-order valence-corrected chi connectivity index (χ2v) is 40.9. The Morgan fingerprint density at radius 3 is 1.24 bits per heavy atom. The molecule has 139 heavy (non-hydrogen) atoms. The van der Waals surface area contributed by atoms with Crippen LogP contribution < -0.4 is 113 Å². The minimum Gasteiger partial charge on any atom is -0.394 e. The van der Waals surface area contributed by atoms with Crippen molar-refractivity contribution in [2.45, 2.75) is 361 Å². The molecule has 0 unspecified atom stereocenters. The number of aliphatic hydroxyl groups is 1. The Bertz CT molecular complexity index is 4700. The monoisotopic (exact) mass is 1960 g/mol. The molecule has 23 amide bonds. The van der Waals surface area contributed by atoms with Gasteiger partial charge >= 0.3 is 0 Å². The second kappa shape index (κ2) is 51.1. The Hall–Kier alpha value is -13.0. The Balaban J connectivity index is 1.66. The normalized spacial score (nSPS) is 16.2. The minimum atomic E-state index is -1.91. The molecule has 1 aromatic rings. The molecule has 0 spiro atoms. The highest BCUT2D eigenvalue weighted by molar-refractivity contribution is 6.05. The van der Waals surface area contributed by atoms with E-state index >= 15 is 0 Å². The maximum Gasteiger partial charge on any atom is 0.248 e. The summed E-state index contributed by atoms with van der Waals surface area (Å²) in [5.74, 6) is -21.0. The molecule has 0 saturated carbocycles. The first-order valence-corrected chi connectivity index (χ1v) is 46.4. The van der Waals surface area contributed by atoms with Gasteiger partial charge in [-0.15, -0.1) is 0 Å². The van der Waals surface area contributed by atoms with E-state index in [-0.39, 0.29) is 57.5 Å². The highest BCUT2D eigenvalue weighted by Gasteiger charge is 2.49. The van der Waals surface area contributed by atoms with Crippen LogP contribution in [0.2, 0.25) is 0 Å². The molecule has 2 saturated heterocycles. The van der Waals surface area contributed by atoms with Gasteiger partial charge < -0.3 is 128 Å². The van der Waals surface area contributed by atoms with Crippen molar-refractivity contribution in [3.8, 4) is 0 Å². The van der Waals surface area contributed by atoms with E-state index in [1.54, 1.807) is 71.9 Å².